The molecule has 7 heteroatoms. The van der Waals surface area contributed by atoms with Gasteiger partial charge in [-0.3, -0.25) is 14.5 Å². The van der Waals surface area contributed by atoms with Crippen LogP contribution in [-0.2, 0) is 0 Å². The summed E-state index contributed by atoms with van der Waals surface area (Å²) >= 11 is 3.40. The molecule has 4 aromatic rings. The van der Waals surface area contributed by atoms with E-state index in [0.717, 1.165) is 10.5 Å². The number of methoxy groups -OCH3 is 1. The van der Waals surface area contributed by atoms with Crippen molar-refractivity contribution in [3.8, 4) is 5.75 Å². The monoisotopic (exact) mass is 479 g/mol. The largest absolute Gasteiger partial charge is 0.497 e. The normalized spacial score (nSPS) is 15.4. The van der Waals surface area contributed by atoms with E-state index in [9.17, 15) is 14.0 Å². The van der Waals surface area contributed by atoms with Gasteiger partial charge >= 0.3 is 0 Å². The molecule has 2 heterocycles. The number of hydrogen-bond acceptors (Lipinski definition) is 4. The Hall–Kier alpha value is -3.45. The number of anilines is 1. The number of ether oxygens (including phenoxy) is 1. The lowest BCUT2D eigenvalue weighted by atomic mass is 9.98. The number of carbonyl (C=O) groups is 1. The van der Waals surface area contributed by atoms with Crippen LogP contribution in [0.1, 0.15) is 27.7 Å². The second kappa shape index (κ2) is 7.35. The first-order valence-corrected chi connectivity index (χ1v) is 10.3. The molecule has 0 spiro atoms. The highest BCUT2D eigenvalue weighted by molar-refractivity contribution is 9.10. The van der Waals surface area contributed by atoms with E-state index in [4.69, 9.17) is 9.15 Å². The molecule has 1 amide bonds. The molecule has 0 fully saturated rings. The third kappa shape index (κ3) is 3.13. The van der Waals surface area contributed by atoms with Gasteiger partial charge in [0.2, 0.25) is 5.76 Å². The fourth-order valence-electron chi connectivity index (χ4n) is 3.94. The van der Waals surface area contributed by atoms with Crippen LogP contribution in [-0.4, -0.2) is 13.0 Å². The molecule has 1 aliphatic heterocycles. The van der Waals surface area contributed by atoms with E-state index in [-0.39, 0.29) is 22.3 Å². The van der Waals surface area contributed by atoms with Gasteiger partial charge in [0, 0.05) is 10.2 Å². The number of carbonyl (C=O) groups excluding carboxylic acids is 1. The van der Waals surface area contributed by atoms with Crippen LogP contribution < -0.4 is 15.1 Å². The first-order chi connectivity index (χ1) is 15.0. The van der Waals surface area contributed by atoms with E-state index in [0.29, 0.717) is 17.0 Å². The molecule has 0 N–H and O–H groups in total. The minimum atomic E-state index is -0.748. The summed E-state index contributed by atoms with van der Waals surface area (Å²) < 4.78 is 25.9. The lowest BCUT2D eigenvalue weighted by Crippen LogP contribution is -2.29. The van der Waals surface area contributed by atoms with Gasteiger partial charge in [-0.2, -0.15) is 0 Å². The molecule has 154 valence electrons. The van der Waals surface area contributed by atoms with Crippen molar-refractivity contribution in [1.82, 2.24) is 0 Å². The van der Waals surface area contributed by atoms with Crippen LogP contribution in [0.2, 0.25) is 0 Å². The van der Waals surface area contributed by atoms with E-state index in [1.165, 1.54) is 17.0 Å². The van der Waals surface area contributed by atoms with Crippen molar-refractivity contribution in [2.75, 3.05) is 12.0 Å². The Morgan fingerprint density at radius 1 is 1.03 bits per heavy atom. The quantitative estimate of drug-likeness (QED) is 0.391. The molecule has 0 bridgehead atoms. The lowest BCUT2D eigenvalue weighted by Gasteiger charge is -2.25. The molecular weight excluding hydrogens is 465 g/mol. The summed E-state index contributed by atoms with van der Waals surface area (Å²) in [6.45, 7) is 0. The first kappa shape index (κ1) is 19.5. The average molecular weight is 480 g/mol. The van der Waals surface area contributed by atoms with Crippen LogP contribution >= 0.6 is 15.9 Å². The van der Waals surface area contributed by atoms with Crippen molar-refractivity contribution in [2.24, 2.45) is 0 Å². The maximum Gasteiger partial charge on any atom is 0.295 e. The summed E-state index contributed by atoms with van der Waals surface area (Å²) in [5.74, 6) is -0.439. The summed E-state index contributed by atoms with van der Waals surface area (Å²) in [7, 11) is 1.55. The van der Waals surface area contributed by atoms with Crippen LogP contribution in [0, 0.1) is 5.82 Å². The van der Waals surface area contributed by atoms with Crippen molar-refractivity contribution in [2.45, 2.75) is 6.04 Å². The van der Waals surface area contributed by atoms with E-state index < -0.39 is 23.2 Å². The Kier molecular flexibility index (Phi) is 4.63. The predicted molar refractivity (Wildman–Crippen MR) is 118 cm³/mol. The van der Waals surface area contributed by atoms with E-state index in [1.807, 2.05) is 18.2 Å². The highest BCUT2D eigenvalue weighted by Gasteiger charge is 2.43. The van der Waals surface area contributed by atoms with E-state index in [2.05, 4.69) is 15.9 Å². The SMILES string of the molecule is COc1cccc(C2c3c(oc4ccc(F)cc4c3=O)C(=O)N2c2ccc(Br)cc2)c1. The van der Waals surface area contributed by atoms with Crippen molar-refractivity contribution < 1.29 is 18.3 Å². The molecule has 31 heavy (non-hydrogen) atoms. The smallest absolute Gasteiger partial charge is 0.295 e. The van der Waals surface area contributed by atoms with Gasteiger partial charge in [0.25, 0.3) is 5.91 Å². The average Bonchev–Trinajstić information content (AvgIpc) is 3.07. The zero-order chi connectivity index (χ0) is 21.7. The summed E-state index contributed by atoms with van der Waals surface area (Å²) in [5, 5.41) is 0.0945. The van der Waals surface area contributed by atoms with Crippen LogP contribution in [0.4, 0.5) is 10.1 Å². The molecule has 5 rings (SSSR count). The third-order valence-electron chi connectivity index (χ3n) is 5.35. The number of nitrogens with zero attached hydrogens (tertiary/aromatic N) is 1. The Morgan fingerprint density at radius 3 is 2.55 bits per heavy atom. The Morgan fingerprint density at radius 2 is 1.81 bits per heavy atom. The fraction of sp³-hybridized carbons (Fsp3) is 0.0833. The number of fused-ring (bicyclic) bond motifs is 2. The first-order valence-electron chi connectivity index (χ1n) is 9.47. The van der Waals surface area contributed by atoms with Crippen molar-refractivity contribution in [1.29, 1.82) is 0 Å². The minimum absolute atomic E-state index is 0.0418. The van der Waals surface area contributed by atoms with E-state index >= 15 is 0 Å². The van der Waals surface area contributed by atoms with Crippen molar-refractivity contribution in [3.63, 3.8) is 0 Å². The molecule has 0 saturated heterocycles. The standard InChI is InChI=1S/C24H15BrFNO4/c1-30-17-4-2-3-13(11-17)21-20-22(28)18-12-15(26)7-10-19(18)31-23(20)24(29)27(21)16-8-5-14(25)6-9-16/h2-12,21H,1H3. The van der Waals surface area contributed by atoms with Gasteiger partial charge in [-0.25, -0.2) is 4.39 Å². The van der Waals surface area contributed by atoms with Gasteiger partial charge in [0.15, 0.2) is 5.43 Å². The molecule has 5 nitrogen and oxygen atoms in total. The molecule has 0 saturated carbocycles. The van der Waals surface area contributed by atoms with Gasteiger partial charge in [-0.15, -0.1) is 0 Å². The van der Waals surface area contributed by atoms with Crippen LogP contribution in [0.15, 0.2) is 80.4 Å². The second-order valence-corrected chi connectivity index (χ2v) is 8.06. The molecule has 1 aliphatic rings. The molecular formula is C24H15BrFNO4. The molecule has 1 aromatic heterocycles. The fourth-order valence-corrected chi connectivity index (χ4v) is 4.20. The number of benzene rings is 3. The maximum atomic E-state index is 13.9. The summed E-state index contributed by atoms with van der Waals surface area (Å²) in [5.41, 5.74) is 1.19. The van der Waals surface area contributed by atoms with Gasteiger partial charge < -0.3 is 9.15 Å². The number of amides is 1. The van der Waals surface area contributed by atoms with Crippen LogP contribution in [0.5, 0.6) is 5.75 Å². The predicted octanol–water partition coefficient (Wildman–Crippen LogP) is 5.45. The topological polar surface area (TPSA) is 59.8 Å². The lowest BCUT2D eigenvalue weighted by molar-refractivity contribution is 0.0971. The van der Waals surface area contributed by atoms with Gasteiger partial charge in [-0.05, 0) is 60.2 Å². The van der Waals surface area contributed by atoms with Crippen LogP contribution in [0.25, 0.3) is 11.0 Å². The van der Waals surface area contributed by atoms with Gasteiger partial charge in [0.05, 0.1) is 24.1 Å². The zero-order valence-corrected chi connectivity index (χ0v) is 17.9. The molecule has 0 radical (unpaired) electrons. The second-order valence-electron chi connectivity index (χ2n) is 7.15. The number of halogens is 2. The molecule has 1 atom stereocenters. The molecule has 1 unspecified atom stereocenters. The molecule has 3 aromatic carbocycles. The Bertz CT molecular complexity index is 1400. The van der Waals surface area contributed by atoms with Crippen LogP contribution in [0.3, 0.4) is 0 Å². The zero-order valence-electron chi connectivity index (χ0n) is 16.3. The highest BCUT2D eigenvalue weighted by Crippen LogP contribution is 2.42. The van der Waals surface area contributed by atoms with Crippen molar-refractivity contribution >= 4 is 38.5 Å². The minimum Gasteiger partial charge on any atom is -0.497 e. The summed E-state index contributed by atoms with van der Waals surface area (Å²) in [4.78, 5) is 28.4. The summed E-state index contributed by atoms with van der Waals surface area (Å²) in [6.07, 6.45) is 0. The Balaban J connectivity index is 1.82. The van der Waals surface area contributed by atoms with Crippen molar-refractivity contribution in [3.05, 3.63) is 104 Å². The Labute approximate surface area is 184 Å². The van der Waals surface area contributed by atoms with E-state index in [1.54, 1.807) is 37.4 Å². The summed E-state index contributed by atoms with van der Waals surface area (Å²) in [6, 6.07) is 17.3. The maximum absolute atomic E-state index is 13.9. The number of rotatable bonds is 3. The number of hydrogen-bond donors (Lipinski definition) is 0. The molecule has 0 aliphatic carbocycles. The van der Waals surface area contributed by atoms with Gasteiger partial charge in [-0.1, -0.05) is 28.1 Å². The third-order valence-corrected chi connectivity index (χ3v) is 5.88. The highest BCUT2D eigenvalue weighted by atomic mass is 79.9. The van der Waals surface area contributed by atoms with Gasteiger partial charge in [0.1, 0.15) is 17.1 Å².